The van der Waals surface area contributed by atoms with E-state index in [9.17, 15) is 12.8 Å². The number of halogens is 2. The van der Waals surface area contributed by atoms with E-state index >= 15 is 0 Å². The third-order valence-electron chi connectivity index (χ3n) is 4.50. The normalized spacial score (nSPS) is 13.7. The van der Waals surface area contributed by atoms with Crippen molar-refractivity contribution in [3.63, 3.8) is 0 Å². The maximum absolute atomic E-state index is 14.0. The lowest BCUT2D eigenvalue weighted by molar-refractivity contribution is 0.601. The summed E-state index contributed by atoms with van der Waals surface area (Å²) < 4.78 is 42.6. The smallest absolute Gasteiger partial charge is 0.262 e. The molecule has 0 radical (unpaired) electrons. The molecule has 26 heavy (non-hydrogen) atoms. The number of fused-ring (bicyclic) bond motifs is 2. The number of sulfonamides is 1. The van der Waals surface area contributed by atoms with Gasteiger partial charge >= 0.3 is 0 Å². The summed E-state index contributed by atoms with van der Waals surface area (Å²) in [6, 6.07) is 14.7. The first-order chi connectivity index (χ1) is 12.1. The number of rotatable bonds is 3. The highest BCUT2D eigenvalue weighted by molar-refractivity contribution is 7.93. The number of nitrogens with one attached hydrogen (secondary N) is 2. The SMILES string of the molecule is Cl.O=S(=O)(Nc1cccc2c1CCNC2)c1ccc(F)c2ccccc12. The average molecular weight is 393 g/mol. The van der Waals surface area contributed by atoms with Gasteiger partial charge in [-0.1, -0.05) is 36.4 Å². The molecule has 0 spiro atoms. The summed E-state index contributed by atoms with van der Waals surface area (Å²) in [4.78, 5) is 0.0797. The summed E-state index contributed by atoms with van der Waals surface area (Å²) >= 11 is 0. The molecule has 7 heteroatoms. The number of benzene rings is 3. The van der Waals surface area contributed by atoms with Gasteiger partial charge in [0.15, 0.2) is 0 Å². The minimum absolute atomic E-state index is 0. The summed E-state index contributed by atoms with van der Waals surface area (Å²) in [5, 5.41) is 3.95. The first kappa shape index (κ1) is 18.6. The van der Waals surface area contributed by atoms with E-state index in [0.29, 0.717) is 16.5 Å². The molecule has 0 unspecified atom stereocenters. The van der Waals surface area contributed by atoms with Crippen LogP contribution in [0.1, 0.15) is 11.1 Å². The number of hydrogen-bond acceptors (Lipinski definition) is 3. The number of anilines is 1. The summed E-state index contributed by atoms with van der Waals surface area (Å²) in [7, 11) is -3.83. The highest BCUT2D eigenvalue weighted by Crippen LogP contribution is 2.29. The third kappa shape index (κ3) is 3.28. The van der Waals surface area contributed by atoms with Crippen LogP contribution >= 0.6 is 12.4 Å². The third-order valence-corrected chi connectivity index (χ3v) is 5.93. The minimum atomic E-state index is -3.83. The predicted molar refractivity (Wildman–Crippen MR) is 104 cm³/mol. The molecule has 136 valence electrons. The van der Waals surface area contributed by atoms with E-state index in [1.807, 2.05) is 12.1 Å². The quantitative estimate of drug-likeness (QED) is 0.711. The van der Waals surface area contributed by atoms with E-state index in [0.717, 1.165) is 30.6 Å². The second kappa shape index (κ2) is 7.23. The Labute approximate surface area is 157 Å². The van der Waals surface area contributed by atoms with Gasteiger partial charge in [0.1, 0.15) is 5.82 Å². The molecule has 3 aromatic carbocycles. The van der Waals surface area contributed by atoms with Crippen LogP contribution in [0.4, 0.5) is 10.1 Å². The Morgan fingerprint density at radius 2 is 1.73 bits per heavy atom. The van der Waals surface area contributed by atoms with E-state index in [2.05, 4.69) is 10.0 Å². The van der Waals surface area contributed by atoms with Crippen molar-refractivity contribution >= 4 is 38.9 Å². The van der Waals surface area contributed by atoms with Crippen molar-refractivity contribution in [2.45, 2.75) is 17.9 Å². The second-order valence-corrected chi connectivity index (χ2v) is 7.72. The van der Waals surface area contributed by atoms with E-state index in [1.165, 1.54) is 12.1 Å². The Hall–Kier alpha value is -2.15. The van der Waals surface area contributed by atoms with Gasteiger partial charge in [-0.15, -0.1) is 12.4 Å². The van der Waals surface area contributed by atoms with E-state index in [-0.39, 0.29) is 17.3 Å². The lowest BCUT2D eigenvalue weighted by Gasteiger charge is -2.21. The molecule has 1 heterocycles. The van der Waals surface area contributed by atoms with Crippen molar-refractivity contribution in [2.24, 2.45) is 0 Å². The van der Waals surface area contributed by atoms with Gasteiger partial charge in [0, 0.05) is 17.3 Å². The Morgan fingerprint density at radius 1 is 0.962 bits per heavy atom. The molecular formula is C19H18ClFN2O2S. The fraction of sp³-hybridized carbons (Fsp3) is 0.158. The van der Waals surface area contributed by atoms with Crippen molar-refractivity contribution in [3.8, 4) is 0 Å². The molecule has 4 nitrogen and oxygen atoms in total. The molecule has 0 atom stereocenters. The average Bonchev–Trinajstić information content (AvgIpc) is 2.62. The Bertz CT molecular complexity index is 1070. The second-order valence-electron chi connectivity index (χ2n) is 6.07. The standard InChI is InChI=1S/C19H17FN2O2S.ClH/c20-17-8-9-19(16-6-2-1-5-15(16)17)25(23,24)22-18-7-3-4-13-12-21-11-10-14(13)18;/h1-9,21-22H,10-12H2;1H. The summed E-state index contributed by atoms with van der Waals surface area (Å²) in [6.45, 7) is 1.54. The molecule has 2 N–H and O–H groups in total. The molecule has 1 aliphatic heterocycles. The molecule has 0 aromatic heterocycles. The monoisotopic (exact) mass is 392 g/mol. The molecular weight excluding hydrogens is 375 g/mol. The fourth-order valence-corrected chi connectivity index (χ4v) is 4.60. The molecule has 0 saturated carbocycles. The zero-order chi connectivity index (χ0) is 17.4. The zero-order valence-electron chi connectivity index (χ0n) is 13.8. The van der Waals surface area contributed by atoms with Gasteiger partial charge < -0.3 is 5.32 Å². The van der Waals surface area contributed by atoms with E-state index in [1.54, 1.807) is 30.3 Å². The van der Waals surface area contributed by atoms with Crippen LogP contribution in [0.25, 0.3) is 10.8 Å². The lowest BCUT2D eigenvalue weighted by atomic mass is 9.99. The molecule has 0 bridgehead atoms. The van der Waals surface area contributed by atoms with Crippen LogP contribution in [0.2, 0.25) is 0 Å². The van der Waals surface area contributed by atoms with Gasteiger partial charge in [-0.2, -0.15) is 0 Å². The maximum atomic E-state index is 14.0. The first-order valence-electron chi connectivity index (χ1n) is 8.08. The van der Waals surface area contributed by atoms with Crippen molar-refractivity contribution in [2.75, 3.05) is 11.3 Å². The van der Waals surface area contributed by atoms with Crippen molar-refractivity contribution < 1.29 is 12.8 Å². The lowest BCUT2D eigenvalue weighted by Crippen LogP contribution is -2.25. The Balaban J connectivity index is 0.00000196. The molecule has 0 amide bonds. The van der Waals surface area contributed by atoms with Crippen LogP contribution in [0.5, 0.6) is 0 Å². The maximum Gasteiger partial charge on any atom is 0.262 e. The first-order valence-corrected chi connectivity index (χ1v) is 9.56. The van der Waals surface area contributed by atoms with E-state index < -0.39 is 15.8 Å². The van der Waals surface area contributed by atoms with Crippen LogP contribution in [0.15, 0.2) is 59.5 Å². The molecule has 1 aliphatic rings. The summed E-state index contributed by atoms with van der Waals surface area (Å²) in [5.41, 5.74) is 2.69. The van der Waals surface area contributed by atoms with Crippen LogP contribution in [-0.2, 0) is 23.0 Å². The van der Waals surface area contributed by atoms with Crippen LogP contribution < -0.4 is 10.0 Å². The topological polar surface area (TPSA) is 58.2 Å². The summed E-state index contributed by atoms with van der Waals surface area (Å²) in [5.74, 6) is -0.433. The highest BCUT2D eigenvalue weighted by atomic mass is 35.5. The van der Waals surface area contributed by atoms with Crippen LogP contribution in [0, 0.1) is 5.82 Å². The molecule has 3 aromatic rings. The van der Waals surface area contributed by atoms with Crippen molar-refractivity contribution in [1.29, 1.82) is 0 Å². The van der Waals surface area contributed by atoms with Crippen LogP contribution in [0.3, 0.4) is 0 Å². The molecule has 0 fully saturated rings. The largest absolute Gasteiger partial charge is 0.312 e. The Morgan fingerprint density at radius 3 is 2.54 bits per heavy atom. The van der Waals surface area contributed by atoms with Crippen LogP contribution in [-0.4, -0.2) is 15.0 Å². The number of hydrogen-bond donors (Lipinski definition) is 2. The van der Waals surface area contributed by atoms with Gasteiger partial charge in [0.2, 0.25) is 0 Å². The molecule has 0 saturated heterocycles. The molecule has 0 aliphatic carbocycles. The highest BCUT2D eigenvalue weighted by Gasteiger charge is 2.21. The van der Waals surface area contributed by atoms with Crippen molar-refractivity contribution in [3.05, 3.63) is 71.5 Å². The predicted octanol–water partition coefficient (Wildman–Crippen LogP) is 3.85. The van der Waals surface area contributed by atoms with Gasteiger partial charge in [-0.25, -0.2) is 12.8 Å². The van der Waals surface area contributed by atoms with Crippen molar-refractivity contribution in [1.82, 2.24) is 5.32 Å². The summed E-state index contributed by atoms with van der Waals surface area (Å²) in [6.07, 6.45) is 0.762. The zero-order valence-corrected chi connectivity index (χ0v) is 15.5. The van der Waals surface area contributed by atoms with Gasteiger partial charge in [0.25, 0.3) is 10.0 Å². The Kier molecular flexibility index (Phi) is 5.18. The molecule has 4 rings (SSSR count). The fourth-order valence-electron chi connectivity index (χ4n) is 3.30. The van der Waals surface area contributed by atoms with E-state index in [4.69, 9.17) is 0 Å². The van der Waals surface area contributed by atoms with Gasteiger partial charge in [0.05, 0.1) is 10.6 Å². The minimum Gasteiger partial charge on any atom is -0.312 e. The van der Waals surface area contributed by atoms with Gasteiger partial charge in [-0.3, -0.25) is 4.72 Å². The van der Waals surface area contributed by atoms with Gasteiger partial charge in [-0.05, 0) is 42.3 Å².